The Hall–Kier alpha value is -0.860. The zero-order valence-corrected chi connectivity index (χ0v) is 12.1. The summed E-state index contributed by atoms with van der Waals surface area (Å²) in [4.78, 5) is 0. The van der Waals surface area contributed by atoms with Crippen LogP contribution in [0.1, 0.15) is 49.8 Å². The van der Waals surface area contributed by atoms with Gasteiger partial charge >= 0.3 is 0 Å². The second kappa shape index (κ2) is 6.53. The number of rotatable bonds is 6. The van der Waals surface area contributed by atoms with E-state index in [4.69, 9.17) is 0 Å². The molecule has 1 aliphatic carbocycles. The predicted molar refractivity (Wildman–Crippen MR) is 78.3 cm³/mol. The van der Waals surface area contributed by atoms with Gasteiger partial charge in [0.1, 0.15) is 0 Å². The smallest absolute Gasteiger partial charge is 0.0842 e. The molecule has 2 unspecified atom stereocenters. The van der Waals surface area contributed by atoms with Crippen molar-refractivity contribution in [3.8, 4) is 0 Å². The van der Waals surface area contributed by atoms with Crippen molar-refractivity contribution in [1.82, 2.24) is 0 Å². The highest BCUT2D eigenvalue weighted by Crippen LogP contribution is 2.24. The van der Waals surface area contributed by atoms with Crippen molar-refractivity contribution in [2.45, 2.75) is 64.6 Å². The van der Waals surface area contributed by atoms with Crippen molar-refractivity contribution in [3.63, 3.8) is 0 Å². The van der Waals surface area contributed by atoms with Crippen LogP contribution in [0.25, 0.3) is 0 Å². The molecule has 1 aliphatic rings. The molecule has 0 radical (unpaired) electrons. The van der Waals surface area contributed by atoms with Gasteiger partial charge in [0.05, 0.1) is 12.2 Å². The first-order valence-corrected chi connectivity index (χ1v) is 7.62. The molecule has 19 heavy (non-hydrogen) atoms. The van der Waals surface area contributed by atoms with E-state index in [1.54, 1.807) is 0 Å². The summed E-state index contributed by atoms with van der Waals surface area (Å²) in [5.41, 5.74) is 4.04. The normalized spacial score (nSPS) is 17.5. The molecule has 0 aliphatic heterocycles. The molecule has 2 heteroatoms. The van der Waals surface area contributed by atoms with Gasteiger partial charge in [0, 0.05) is 6.42 Å². The fourth-order valence-electron chi connectivity index (χ4n) is 3.20. The van der Waals surface area contributed by atoms with Gasteiger partial charge in [-0.25, -0.2) is 0 Å². The van der Waals surface area contributed by atoms with Gasteiger partial charge in [0.15, 0.2) is 0 Å². The van der Waals surface area contributed by atoms with Gasteiger partial charge in [-0.3, -0.25) is 0 Å². The molecule has 0 amide bonds. The van der Waals surface area contributed by atoms with Gasteiger partial charge in [0.25, 0.3) is 0 Å². The van der Waals surface area contributed by atoms with Crippen molar-refractivity contribution >= 4 is 0 Å². The summed E-state index contributed by atoms with van der Waals surface area (Å²) in [5.74, 6) is 0.199. The highest BCUT2D eigenvalue weighted by atomic mass is 16.3. The zero-order valence-electron chi connectivity index (χ0n) is 12.1. The van der Waals surface area contributed by atoms with E-state index < -0.39 is 12.2 Å². The number of benzene rings is 1. The lowest BCUT2D eigenvalue weighted by Gasteiger charge is -2.25. The van der Waals surface area contributed by atoms with E-state index in [2.05, 4.69) is 32.0 Å². The molecule has 2 N–H and O–H groups in total. The minimum atomic E-state index is -0.649. The van der Waals surface area contributed by atoms with E-state index in [1.165, 1.54) is 24.0 Å². The van der Waals surface area contributed by atoms with E-state index >= 15 is 0 Å². The second-order valence-corrected chi connectivity index (χ2v) is 5.80. The molecular weight excluding hydrogens is 236 g/mol. The Morgan fingerprint density at radius 2 is 1.74 bits per heavy atom. The molecule has 0 fully saturated rings. The number of fused-ring (bicyclic) bond motifs is 1. The van der Waals surface area contributed by atoms with Gasteiger partial charge in [-0.1, -0.05) is 44.9 Å². The van der Waals surface area contributed by atoms with E-state index in [1.807, 2.05) is 0 Å². The quantitative estimate of drug-likeness (QED) is 0.827. The molecule has 0 saturated heterocycles. The van der Waals surface area contributed by atoms with Gasteiger partial charge in [-0.05, 0) is 41.9 Å². The molecule has 2 rings (SSSR count). The maximum absolute atomic E-state index is 10.2. The Balaban J connectivity index is 2.00. The molecule has 0 saturated carbocycles. The molecule has 0 bridgehead atoms. The Morgan fingerprint density at radius 1 is 1.05 bits per heavy atom. The fourth-order valence-corrected chi connectivity index (χ4v) is 3.20. The Bertz CT molecular complexity index is 410. The average molecular weight is 262 g/mol. The number of aliphatic hydroxyl groups excluding tert-OH is 2. The van der Waals surface area contributed by atoms with Crippen LogP contribution < -0.4 is 0 Å². The van der Waals surface area contributed by atoms with Crippen LogP contribution in [0.3, 0.4) is 0 Å². The predicted octanol–water partition coefficient (Wildman–Crippen LogP) is 2.88. The molecule has 0 heterocycles. The van der Waals surface area contributed by atoms with E-state index in [0.29, 0.717) is 6.42 Å². The Morgan fingerprint density at radius 3 is 2.42 bits per heavy atom. The first kappa shape index (κ1) is 14.5. The third kappa shape index (κ3) is 3.37. The number of aliphatic hydroxyl groups is 2. The largest absolute Gasteiger partial charge is 0.390 e. The Kier molecular flexibility index (Phi) is 5.00. The van der Waals surface area contributed by atoms with Crippen LogP contribution >= 0.6 is 0 Å². The zero-order chi connectivity index (χ0) is 13.8. The SMILES string of the molecule is CCC(CC)C(O)C(O)Cc1ccc2c(c1)CCC2. The summed E-state index contributed by atoms with van der Waals surface area (Å²) < 4.78 is 0. The van der Waals surface area contributed by atoms with E-state index in [9.17, 15) is 10.2 Å². The van der Waals surface area contributed by atoms with Crippen molar-refractivity contribution in [2.24, 2.45) is 5.92 Å². The first-order valence-electron chi connectivity index (χ1n) is 7.62. The minimum Gasteiger partial charge on any atom is -0.390 e. The molecule has 2 nitrogen and oxygen atoms in total. The third-order valence-corrected chi connectivity index (χ3v) is 4.53. The lowest BCUT2D eigenvalue weighted by atomic mass is 9.89. The maximum atomic E-state index is 10.2. The van der Waals surface area contributed by atoms with Crippen LogP contribution in [-0.4, -0.2) is 22.4 Å². The van der Waals surface area contributed by atoms with Crippen LogP contribution in [-0.2, 0) is 19.3 Å². The molecule has 0 aromatic heterocycles. The number of hydrogen-bond donors (Lipinski definition) is 2. The number of aryl methyl sites for hydroxylation is 2. The summed E-state index contributed by atoms with van der Waals surface area (Å²) in [6.07, 6.45) is 4.73. The van der Waals surface area contributed by atoms with Crippen LogP contribution in [0.4, 0.5) is 0 Å². The maximum Gasteiger partial charge on any atom is 0.0842 e. The lowest BCUT2D eigenvalue weighted by Crippen LogP contribution is -2.34. The monoisotopic (exact) mass is 262 g/mol. The highest BCUT2D eigenvalue weighted by molar-refractivity contribution is 5.35. The van der Waals surface area contributed by atoms with Crippen LogP contribution in [0.2, 0.25) is 0 Å². The van der Waals surface area contributed by atoms with Crippen molar-refractivity contribution < 1.29 is 10.2 Å². The van der Waals surface area contributed by atoms with E-state index in [-0.39, 0.29) is 5.92 Å². The van der Waals surface area contributed by atoms with Gasteiger partial charge in [-0.15, -0.1) is 0 Å². The molecule has 106 valence electrons. The summed E-state index contributed by atoms with van der Waals surface area (Å²) in [6, 6.07) is 6.51. The molecule has 2 atom stereocenters. The van der Waals surface area contributed by atoms with Gasteiger partial charge < -0.3 is 10.2 Å². The van der Waals surface area contributed by atoms with Crippen molar-refractivity contribution in [2.75, 3.05) is 0 Å². The molecule has 1 aromatic rings. The van der Waals surface area contributed by atoms with Crippen molar-refractivity contribution in [3.05, 3.63) is 34.9 Å². The minimum absolute atomic E-state index is 0.199. The topological polar surface area (TPSA) is 40.5 Å². The van der Waals surface area contributed by atoms with Crippen LogP contribution in [0.15, 0.2) is 18.2 Å². The summed E-state index contributed by atoms with van der Waals surface area (Å²) in [5, 5.41) is 20.4. The highest BCUT2D eigenvalue weighted by Gasteiger charge is 2.24. The third-order valence-electron chi connectivity index (χ3n) is 4.53. The van der Waals surface area contributed by atoms with Gasteiger partial charge in [-0.2, -0.15) is 0 Å². The number of hydrogen-bond acceptors (Lipinski definition) is 2. The second-order valence-electron chi connectivity index (χ2n) is 5.80. The Labute approximate surface area is 116 Å². The molecule has 0 spiro atoms. The van der Waals surface area contributed by atoms with Gasteiger partial charge in [0.2, 0.25) is 0 Å². The van der Waals surface area contributed by atoms with E-state index in [0.717, 1.165) is 24.8 Å². The standard InChI is InChI=1S/C17H26O2/c1-3-13(4-2)17(19)16(18)11-12-8-9-14-6-5-7-15(14)10-12/h8-10,13,16-19H,3-7,11H2,1-2H3. The summed E-state index contributed by atoms with van der Waals surface area (Å²) in [7, 11) is 0. The summed E-state index contributed by atoms with van der Waals surface area (Å²) >= 11 is 0. The summed E-state index contributed by atoms with van der Waals surface area (Å²) in [6.45, 7) is 4.14. The van der Waals surface area contributed by atoms with Crippen LogP contribution in [0, 0.1) is 5.92 Å². The fraction of sp³-hybridized carbons (Fsp3) is 0.647. The molecule has 1 aromatic carbocycles. The van der Waals surface area contributed by atoms with Crippen LogP contribution in [0.5, 0.6) is 0 Å². The molecular formula is C17H26O2. The van der Waals surface area contributed by atoms with Crippen molar-refractivity contribution in [1.29, 1.82) is 0 Å². The lowest BCUT2D eigenvalue weighted by molar-refractivity contribution is -0.0187. The average Bonchev–Trinajstić information content (AvgIpc) is 2.87. The first-order chi connectivity index (χ1) is 9.15.